The van der Waals surface area contributed by atoms with Crippen molar-refractivity contribution in [3.63, 3.8) is 0 Å². The Labute approximate surface area is 141 Å². The van der Waals surface area contributed by atoms with Crippen molar-refractivity contribution < 1.29 is 19.4 Å². The number of carboxylic acids is 1. The fourth-order valence-corrected chi connectivity index (χ4v) is 4.55. The third-order valence-electron chi connectivity index (χ3n) is 6.29. The Bertz CT molecular complexity index is 680. The molecule has 1 amide bonds. The minimum atomic E-state index is -0.871. The predicted molar refractivity (Wildman–Crippen MR) is 87.7 cm³/mol. The SMILES string of the molecule is O=C(NCC1(C(=O)O)CCOCC1)C1CC12CCc1ccccc12. The van der Waals surface area contributed by atoms with E-state index in [4.69, 9.17) is 4.74 Å². The maximum absolute atomic E-state index is 12.6. The Hall–Kier alpha value is -1.88. The van der Waals surface area contributed by atoms with Crippen LogP contribution in [0.2, 0.25) is 0 Å². The molecule has 5 nitrogen and oxygen atoms in total. The topological polar surface area (TPSA) is 75.6 Å². The van der Waals surface area contributed by atoms with Gasteiger partial charge >= 0.3 is 5.97 Å². The van der Waals surface area contributed by atoms with Gasteiger partial charge in [0.1, 0.15) is 0 Å². The summed E-state index contributed by atoms with van der Waals surface area (Å²) in [6.45, 7) is 1.10. The number of amides is 1. The first-order chi connectivity index (χ1) is 11.6. The molecule has 3 aliphatic rings. The fourth-order valence-electron chi connectivity index (χ4n) is 4.55. The molecule has 5 heteroatoms. The number of hydrogen-bond acceptors (Lipinski definition) is 3. The molecular formula is C19H23NO4. The van der Waals surface area contributed by atoms with Crippen molar-refractivity contribution in [1.29, 1.82) is 0 Å². The van der Waals surface area contributed by atoms with Gasteiger partial charge in [0, 0.05) is 31.1 Å². The largest absolute Gasteiger partial charge is 0.481 e. The maximum Gasteiger partial charge on any atom is 0.311 e. The molecule has 0 aromatic heterocycles. The third kappa shape index (κ3) is 2.34. The molecule has 1 saturated carbocycles. The molecule has 1 aromatic carbocycles. The maximum atomic E-state index is 12.6. The normalized spacial score (nSPS) is 29.9. The first-order valence-corrected chi connectivity index (χ1v) is 8.75. The number of aryl methyl sites for hydroxylation is 1. The summed E-state index contributed by atoms with van der Waals surface area (Å²) >= 11 is 0. The Morgan fingerprint density at radius 1 is 1.21 bits per heavy atom. The minimum absolute atomic E-state index is 0.00669. The van der Waals surface area contributed by atoms with Gasteiger partial charge in [0.05, 0.1) is 5.41 Å². The van der Waals surface area contributed by atoms with Gasteiger partial charge in [0.2, 0.25) is 5.91 Å². The van der Waals surface area contributed by atoms with Gasteiger partial charge in [-0.3, -0.25) is 9.59 Å². The van der Waals surface area contributed by atoms with Crippen molar-refractivity contribution in [3.05, 3.63) is 35.4 Å². The van der Waals surface area contributed by atoms with Gasteiger partial charge < -0.3 is 15.2 Å². The van der Waals surface area contributed by atoms with Crippen molar-refractivity contribution in [2.45, 2.75) is 37.5 Å². The van der Waals surface area contributed by atoms with Crippen LogP contribution in [0.15, 0.2) is 24.3 Å². The number of benzene rings is 1. The van der Waals surface area contributed by atoms with Crippen LogP contribution in [0.4, 0.5) is 0 Å². The molecule has 128 valence electrons. The van der Waals surface area contributed by atoms with E-state index in [-0.39, 0.29) is 23.8 Å². The monoisotopic (exact) mass is 329 g/mol. The van der Waals surface area contributed by atoms with E-state index in [1.54, 1.807) is 0 Å². The van der Waals surface area contributed by atoms with E-state index in [1.807, 2.05) is 6.07 Å². The van der Waals surface area contributed by atoms with Crippen molar-refractivity contribution >= 4 is 11.9 Å². The third-order valence-corrected chi connectivity index (χ3v) is 6.29. The lowest BCUT2D eigenvalue weighted by molar-refractivity contribution is -0.154. The van der Waals surface area contributed by atoms with Gasteiger partial charge in [0.15, 0.2) is 0 Å². The molecule has 1 saturated heterocycles. The van der Waals surface area contributed by atoms with Crippen LogP contribution < -0.4 is 5.32 Å². The van der Waals surface area contributed by atoms with E-state index in [0.717, 1.165) is 19.3 Å². The predicted octanol–water partition coefficient (Wildman–Crippen LogP) is 1.89. The molecule has 2 atom stereocenters. The lowest BCUT2D eigenvalue weighted by Crippen LogP contribution is -2.47. The van der Waals surface area contributed by atoms with E-state index in [2.05, 4.69) is 23.5 Å². The highest BCUT2D eigenvalue weighted by Gasteiger charge is 2.61. The molecule has 4 rings (SSSR count). The number of fused-ring (bicyclic) bond motifs is 2. The Kier molecular flexibility index (Phi) is 3.64. The highest BCUT2D eigenvalue weighted by atomic mass is 16.5. The van der Waals surface area contributed by atoms with Gasteiger partial charge in [-0.05, 0) is 43.2 Å². The highest BCUT2D eigenvalue weighted by molar-refractivity contribution is 5.86. The van der Waals surface area contributed by atoms with Gasteiger partial charge in [-0.25, -0.2) is 0 Å². The second kappa shape index (κ2) is 5.59. The first kappa shape index (κ1) is 15.6. The lowest BCUT2D eigenvalue weighted by Gasteiger charge is -2.33. The zero-order valence-electron chi connectivity index (χ0n) is 13.7. The quantitative estimate of drug-likeness (QED) is 0.884. The molecule has 24 heavy (non-hydrogen) atoms. The summed E-state index contributed by atoms with van der Waals surface area (Å²) in [7, 11) is 0. The van der Waals surface area contributed by atoms with E-state index in [9.17, 15) is 14.7 Å². The standard InChI is InChI=1S/C19H23NO4/c21-16(20-12-18(17(22)23)7-9-24-10-8-18)15-11-19(15)6-5-13-3-1-2-4-14(13)19/h1-4,15H,5-12H2,(H,20,21)(H,22,23). The van der Waals surface area contributed by atoms with E-state index < -0.39 is 11.4 Å². The van der Waals surface area contributed by atoms with E-state index >= 15 is 0 Å². The van der Waals surface area contributed by atoms with Crippen LogP contribution in [-0.4, -0.2) is 36.7 Å². The Balaban J connectivity index is 1.43. The molecule has 1 spiro atoms. The van der Waals surface area contributed by atoms with Crippen molar-refractivity contribution in [1.82, 2.24) is 5.32 Å². The Morgan fingerprint density at radius 3 is 2.71 bits per heavy atom. The summed E-state index contributed by atoms with van der Waals surface area (Å²) in [5, 5.41) is 12.5. The molecule has 2 aliphatic carbocycles. The number of nitrogens with one attached hydrogen (secondary N) is 1. The van der Waals surface area contributed by atoms with Gasteiger partial charge in [0.25, 0.3) is 0 Å². The lowest BCUT2D eigenvalue weighted by atomic mass is 9.80. The summed E-state index contributed by atoms with van der Waals surface area (Å²) in [5.74, 6) is -0.825. The van der Waals surface area contributed by atoms with Gasteiger partial charge in [-0.2, -0.15) is 0 Å². The minimum Gasteiger partial charge on any atom is -0.481 e. The van der Waals surface area contributed by atoms with Crippen LogP contribution in [-0.2, 0) is 26.2 Å². The molecule has 2 unspecified atom stereocenters. The molecule has 1 heterocycles. The number of carbonyl (C=O) groups excluding carboxylic acids is 1. The number of rotatable bonds is 4. The van der Waals surface area contributed by atoms with Gasteiger partial charge in [-0.1, -0.05) is 24.3 Å². The molecule has 0 bridgehead atoms. The first-order valence-electron chi connectivity index (χ1n) is 8.75. The van der Waals surface area contributed by atoms with Crippen molar-refractivity contribution in [2.24, 2.45) is 11.3 Å². The zero-order chi connectivity index (χ0) is 16.8. The molecule has 0 radical (unpaired) electrons. The number of aliphatic carboxylic acids is 1. The zero-order valence-corrected chi connectivity index (χ0v) is 13.7. The second-order valence-corrected chi connectivity index (χ2v) is 7.49. The number of carboxylic acid groups (broad SMARTS) is 1. The average Bonchev–Trinajstić information content (AvgIpc) is 3.23. The van der Waals surface area contributed by atoms with Crippen LogP contribution in [0.25, 0.3) is 0 Å². The van der Waals surface area contributed by atoms with Crippen LogP contribution in [0.1, 0.15) is 36.8 Å². The van der Waals surface area contributed by atoms with Crippen LogP contribution >= 0.6 is 0 Å². The number of ether oxygens (including phenoxy) is 1. The average molecular weight is 329 g/mol. The van der Waals surface area contributed by atoms with E-state index in [0.29, 0.717) is 26.1 Å². The Morgan fingerprint density at radius 2 is 1.96 bits per heavy atom. The van der Waals surface area contributed by atoms with Crippen LogP contribution in [0.3, 0.4) is 0 Å². The van der Waals surface area contributed by atoms with Crippen molar-refractivity contribution in [2.75, 3.05) is 19.8 Å². The molecular weight excluding hydrogens is 306 g/mol. The number of carbonyl (C=O) groups is 2. The van der Waals surface area contributed by atoms with Gasteiger partial charge in [-0.15, -0.1) is 0 Å². The highest BCUT2D eigenvalue weighted by Crippen LogP contribution is 2.61. The summed E-state index contributed by atoms with van der Waals surface area (Å²) in [6, 6.07) is 8.39. The summed E-state index contributed by atoms with van der Waals surface area (Å²) < 4.78 is 5.28. The van der Waals surface area contributed by atoms with Crippen LogP contribution in [0, 0.1) is 11.3 Å². The number of hydrogen-bond donors (Lipinski definition) is 2. The van der Waals surface area contributed by atoms with Crippen LogP contribution in [0.5, 0.6) is 0 Å². The summed E-state index contributed by atoms with van der Waals surface area (Å²) in [4.78, 5) is 24.3. The molecule has 1 aliphatic heterocycles. The van der Waals surface area contributed by atoms with E-state index in [1.165, 1.54) is 11.1 Å². The smallest absolute Gasteiger partial charge is 0.311 e. The summed E-state index contributed by atoms with van der Waals surface area (Å²) in [6.07, 6.45) is 3.88. The fraction of sp³-hybridized carbons (Fsp3) is 0.579. The molecule has 1 aromatic rings. The molecule has 2 fully saturated rings. The second-order valence-electron chi connectivity index (χ2n) is 7.49. The molecule has 2 N–H and O–H groups in total. The van der Waals surface area contributed by atoms with Crippen molar-refractivity contribution in [3.8, 4) is 0 Å². The summed E-state index contributed by atoms with van der Waals surface area (Å²) in [5.41, 5.74) is 1.82.